The summed E-state index contributed by atoms with van der Waals surface area (Å²) >= 11 is 0. The number of benzene rings is 6. The first-order valence-electron chi connectivity index (χ1n) is 16.2. The molecule has 0 aliphatic carbocycles. The molecule has 8 rings (SSSR count). The fourth-order valence-corrected chi connectivity index (χ4v) is 5.82. The summed E-state index contributed by atoms with van der Waals surface area (Å²) in [6.45, 7) is 0. The highest BCUT2D eigenvalue weighted by atomic mass is 15.0. The summed E-state index contributed by atoms with van der Waals surface area (Å²) in [7, 11) is 0. The van der Waals surface area contributed by atoms with Gasteiger partial charge < -0.3 is 0 Å². The van der Waals surface area contributed by atoms with E-state index < -0.39 is 0 Å². The Morgan fingerprint density at radius 1 is 0.300 bits per heavy atom. The quantitative estimate of drug-likeness (QED) is 0.172. The van der Waals surface area contributed by atoms with Gasteiger partial charge in [0.1, 0.15) is 0 Å². The Morgan fingerprint density at radius 2 is 0.720 bits per heavy atom. The third-order valence-electron chi connectivity index (χ3n) is 8.38. The molecule has 0 atom stereocenters. The molecule has 0 aliphatic rings. The van der Waals surface area contributed by atoms with Crippen LogP contribution in [0.1, 0.15) is 5.56 Å². The van der Waals surface area contributed by atoms with Crippen LogP contribution >= 0.6 is 0 Å². The largest absolute Gasteiger partial charge is 0.228 e. The zero-order chi connectivity index (χ0) is 33.7. The second-order valence-corrected chi connectivity index (χ2v) is 11.7. The number of nitriles is 1. The van der Waals surface area contributed by atoms with Crippen LogP contribution in [0.25, 0.3) is 79.2 Å². The normalized spacial score (nSPS) is 10.8. The second-order valence-electron chi connectivity index (χ2n) is 11.7. The summed E-state index contributed by atoms with van der Waals surface area (Å²) in [5, 5.41) is 9.49. The smallest absolute Gasteiger partial charge is 0.164 e. The van der Waals surface area contributed by atoms with Crippen molar-refractivity contribution in [1.29, 1.82) is 5.26 Å². The third-order valence-corrected chi connectivity index (χ3v) is 8.38. The van der Waals surface area contributed by atoms with Gasteiger partial charge in [0, 0.05) is 33.4 Å². The molecular weight excluding hydrogens is 613 g/mol. The van der Waals surface area contributed by atoms with Crippen LogP contribution in [0, 0.1) is 11.3 Å². The molecular formula is C44H28N6. The minimum atomic E-state index is 0.511. The summed E-state index contributed by atoms with van der Waals surface area (Å²) in [4.78, 5) is 24.5. The molecule has 0 spiro atoms. The SMILES string of the molecule is N#Cc1cccc(-c2nc(-c3ccccc3)nc(-c3ccc(-c4cccc(-c5cc(-c6ccccc6)nc(-c6ccccc6)n5)c4)cc3)n2)c1. The maximum Gasteiger partial charge on any atom is 0.164 e. The third kappa shape index (κ3) is 6.40. The van der Waals surface area contributed by atoms with Crippen molar-refractivity contribution in [2.75, 3.05) is 0 Å². The Kier molecular flexibility index (Phi) is 8.20. The number of nitrogens with zero attached hydrogens (tertiary/aromatic N) is 6. The van der Waals surface area contributed by atoms with E-state index in [1.165, 1.54) is 0 Å². The maximum absolute atomic E-state index is 9.49. The molecule has 234 valence electrons. The Morgan fingerprint density at radius 3 is 1.32 bits per heavy atom. The van der Waals surface area contributed by atoms with E-state index in [0.717, 1.165) is 55.9 Å². The van der Waals surface area contributed by atoms with Gasteiger partial charge in [-0.05, 0) is 35.4 Å². The van der Waals surface area contributed by atoms with E-state index in [1.807, 2.05) is 103 Å². The minimum absolute atomic E-state index is 0.511. The monoisotopic (exact) mass is 640 g/mol. The van der Waals surface area contributed by atoms with Crippen molar-refractivity contribution in [3.05, 3.63) is 175 Å². The molecule has 0 radical (unpaired) electrons. The minimum Gasteiger partial charge on any atom is -0.228 e. The highest BCUT2D eigenvalue weighted by Gasteiger charge is 2.14. The van der Waals surface area contributed by atoms with Gasteiger partial charge in [0.15, 0.2) is 23.3 Å². The molecule has 2 aromatic heterocycles. The lowest BCUT2D eigenvalue weighted by Crippen LogP contribution is -2.00. The molecule has 0 unspecified atom stereocenters. The Labute approximate surface area is 290 Å². The zero-order valence-electron chi connectivity index (χ0n) is 26.8. The Balaban J connectivity index is 1.16. The first kappa shape index (κ1) is 30.2. The van der Waals surface area contributed by atoms with Crippen LogP contribution in [0.15, 0.2) is 170 Å². The van der Waals surface area contributed by atoms with Gasteiger partial charge in [-0.3, -0.25) is 0 Å². The van der Waals surface area contributed by atoms with Gasteiger partial charge in [-0.2, -0.15) is 5.26 Å². The van der Waals surface area contributed by atoms with Crippen LogP contribution in [0.2, 0.25) is 0 Å². The molecule has 6 aromatic carbocycles. The fraction of sp³-hybridized carbons (Fsp3) is 0. The van der Waals surface area contributed by atoms with Gasteiger partial charge >= 0.3 is 0 Å². The fourth-order valence-electron chi connectivity index (χ4n) is 5.82. The van der Waals surface area contributed by atoms with E-state index in [-0.39, 0.29) is 0 Å². The number of rotatable bonds is 7. The highest BCUT2D eigenvalue weighted by Crippen LogP contribution is 2.32. The van der Waals surface area contributed by atoms with Crippen molar-refractivity contribution < 1.29 is 0 Å². The van der Waals surface area contributed by atoms with Crippen LogP contribution in [0.3, 0.4) is 0 Å². The Bertz CT molecular complexity index is 2420. The van der Waals surface area contributed by atoms with Crippen LogP contribution in [-0.4, -0.2) is 24.9 Å². The zero-order valence-corrected chi connectivity index (χ0v) is 26.8. The molecule has 0 amide bonds. The van der Waals surface area contributed by atoms with Gasteiger partial charge in [-0.1, -0.05) is 146 Å². The predicted molar refractivity (Wildman–Crippen MR) is 198 cm³/mol. The maximum atomic E-state index is 9.49. The molecule has 6 heteroatoms. The van der Waals surface area contributed by atoms with Crippen molar-refractivity contribution in [1.82, 2.24) is 24.9 Å². The van der Waals surface area contributed by atoms with Gasteiger partial charge in [-0.15, -0.1) is 0 Å². The van der Waals surface area contributed by atoms with Crippen LogP contribution in [0.5, 0.6) is 0 Å². The molecule has 2 heterocycles. The van der Waals surface area contributed by atoms with Crippen LogP contribution in [-0.2, 0) is 0 Å². The lowest BCUT2D eigenvalue weighted by molar-refractivity contribution is 1.07. The second kappa shape index (κ2) is 13.6. The number of aromatic nitrogens is 5. The predicted octanol–water partition coefficient (Wildman–Crippen LogP) is 10.2. The molecule has 0 N–H and O–H groups in total. The average molecular weight is 641 g/mol. The molecule has 0 aliphatic heterocycles. The standard InChI is InChI=1S/C44H28N6/c45-29-30-12-10-21-38(26-30)44-49-42(34-17-8-3-9-18-34)48-43(50-44)35-24-22-31(23-25-35)36-19-11-20-37(27-36)40-28-39(32-13-4-1-5-14-32)46-41(47-40)33-15-6-2-7-16-33/h1-28H. The van der Waals surface area contributed by atoms with E-state index in [2.05, 4.69) is 60.7 Å². The van der Waals surface area contributed by atoms with Crippen molar-refractivity contribution in [3.8, 4) is 85.3 Å². The summed E-state index contributed by atoms with van der Waals surface area (Å²) < 4.78 is 0. The van der Waals surface area contributed by atoms with E-state index >= 15 is 0 Å². The first-order valence-corrected chi connectivity index (χ1v) is 16.2. The molecule has 6 nitrogen and oxygen atoms in total. The van der Waals surface area contributed by atoms with Gasteiger partial charge in [0.2, 0.25) is 0 Å². The van der Waals surface area contributed by atoms with E-state index in [0.29, 0.717) is 28.9 Å². The van der Waals surface area contributed by atoms with Gasteiger partial charge in [-0.25, -0.2) is 24.9 Å². The highest BCUT2D eigenvalue weighted by molar-refractivity contribution is 5.77. The van der Waals surface area contributed by atoms with E-state index in [1.54, 1.807) is 12.1 Å². The molecule has 0 bridgehead atoms. The van der Waals surface area contributed by atoms with Crippen LogP contribution in [0.4, 0.5) is 0 Å². The van der Waals surface area contributed by atoms with Gasteiger partial charge in [0.25, 0.3) is 0 Å². The number of hydrogen-bond acceptors (Lipinski definition) is 6. The number of hydrogen-bond donors (Lipinski definition) is 0. The molecule has 0 saturated heterocycles. The topological polar surface area (TPSA) is 88.2 Å². The van der Waals surface area contributed by atoms with E-state index in [4.69, 9.17) is 24.9 Å². The lowest BCUT2D eigenvalue weighted by atomic mass is 9.99. The lowest BCUT2D eigenvalue weighted by Gasteiger charge is -2.11. The summed E-state index contributed by atoms with van der Waals surface area (Å²) in [5.41, 5.74) is 9.88. The first-order chi connectivity index (χ1) is 24.7. The van der Waals surface area contributed by atoms with Crippen molar-refractivity contribution in [2.45, 2.75) is 0 Å². The molecule has 0 saturated carbocycles. The molecule has 0 fully saturated rings. The van der Waals surface area contributed by atoms with Gasteiger partial charge in [0.05, 0.1) is 23.0 Å². The molecule has 8 aromatic rings. The summed E-state index contributed by atoms with van der Waals surface area (Å²) in [5.74, 6) is 2.32. The van der Waals surface area contributed by atoms with E-state index in [9.17, 15) is 5.26 Å². The van der Waals surface area contributed by atoms with Crippen LogP contribution < -0.4 is 0 Å². The van der Waals surface area contributed by atoms with Crippen molar-refractivity contribution >= 4 is 0 Å². The molecule has 50 heavy (non-hydrogen) atoms. The Hall–Kier alpha value is -7.10. The summed E-state index contributed by atoms with van der Waals surface area (Å²) in [6.07, 6.45) is 0. The summed E-state index contributed by atoms with van der Waals surface area (Å²) in [6, 6.07) is 58.4. The average Bonchev–Trinajstić information content (AvgIpc) is 3.21. The van der Waals surface area contributed by atoms with Crippen molar-refractivity contribution in [3.63, 3.8) is 0 Å². The van der Waals surface area contributed by atoms with Crippen molar-refractivity contribution in [2.24, 2.45) is 0 Å².